The van der Waals surface area contributed by atoms with Crippen LogP contribution in [0, 0.1) is 0 Å². The zero-order valence-electron chi connectivity index (χ0n) is 24.1. The molecule has 3 saturated carbocycles. The Kier molecular flexibility index (Phi) is 9.22. The maximum Gasteiger partial charge on any atom is 0.417 e. The van der Waals surface area contributed by atoms with Crippen LogP contribution in [0.4, 0.5) is 13.2 Å². The molecule has 228 valence electrons. The zero-order valence-corrected chi connectivity index (χ0v) is 24.1. The molecule has 3 amide bonds. The summed E-state index contributed by atoms with van der Waals surface area (Å²) in [5.74, 6) is -1.36. The lowest BCUT2D eigenvalue weighted by molar-refractivity contribution is -0.137. The number of rotatable bonds is 9. The van der Waals surface area contributed by atoms with E-state index >= 15 is 0 Å². The number of nitrogens with one attached hydrogen (secondary N) is 2. The molecule has 2 aromatic rings. The standard InChI is InChI=1S/C31H40F3N5O3/c1-38(21-12-3-2-4-13-21)28(40)19-25(29(41)35-20-10-9-11-20)36-30(42)26-18-27(39(37-26)22-14-5-6-15-22)23-16-7-8-17-24(23)31(32,33)34/h7-8,16-18,20-22,25H,2-6,9-15,19H2,1H3,(H,35,41)(H,36,42)/t25-/m1/s1. The Labute approximate surface area is 244 Å². The van der Waals surface area contributed by atoms with Gasteiger partial charge in [-0.05, 0) is 57.1 Å². The van der Waals surface area contributed by atoms with Crippen LogP contribution >= 0.6 is 0 Å². The Hall–Kier alpha value is -3.37. The molecule has 11 heteroatoms. The lowest BCUT2D eigenvalue weighted by Crippen LogP contribution is -2.53. The van der Waals surface area contributed by atoms with Gasteiger partial charge < -0.3 is 15.5 Å². The van der Waals surface area contributed by atoms with E-state index in [4.69, 9.17) is 0 Å². The highest BCUT2D eigenvalue weighted by Gasteiger charge is 2.36. The molecule has 1 atom stereocenters. The molecule has 42 heavy (non-hydrogen) atoms. The molecular weight excluding hydrogens is 547 g/mol. The van der Waals surface area contributed by atoms with Crippen LogP contribution in [0.3, 0.4) is 0 Å². The molecule has 0 bridgehead atoms. The molecule has 1 heterocycles. The minimum absolute atomic E-state index is 0.00938. The van der Waals surface area contributed by atoms with Crippen molar-refractivity contribution in [2.75, 3.05) is 7.05 Å². The first-order valence-corrected chi connectivity index (χ1v) is 15.2. The SMILES string of the molecule is CN(C(=O)C[C@@H](NC(=O)c1cc(-c2ccccc2C(F)(F)F)n(C2CCCC2)n1)C(=O)NC1CCC1)C1CCCCC1. The number of alkyl halides is 3. The third-order valence-electron chi connectivity index (χ3n) is 9.12. The average Bonchev–Trinajstić information content (AvgIpc) is 3.64. The molecule has 0 spiro atoms. The highest BCUT2D eigenvalue weighted by atomic mass is 19.4. The predicted molar refractivity (Wildman–Crippen MR) is 151 cm³/mol. The fourth-order valence-corrected chi connectivity index (χ4v) is 6.37. The fraction of sp³-hybridized carbons (Fsp3) is 0.613. The molecule has 8 nitrogen and oxygen atoms in total. The van der Waals surface area contributed by atoms with Crippen molar-refractivity contribution in [2.45, 2.75) is 114 Å². The van der Waals surface area contributed by atoms with E-state index in [2.05, 4.69) is 15.7 Å². The second-order valence-electron chi connectivity index (χ2n) is 12.0. The van der Waals surface area contributed by atoms with Crippen molar-refractivity contribution in [2.24, 2.45) is 0 Å². The van der Waals surface area contributed by atoms with Crippen molar-refractivity contribution in [3.8, 4) is 11.3 Å². The smallest absolute Gasteiger partial charge is 0.352 e. The summed E-state index contributed by atoms with van der Waals surface area (Å²) < 4.78 is 43.4. The lowest BCUT2D eigenvalue weighted by atomic mass is 9.92. The summed E-state index contributed by atoms with van der Waals surface area (Å²) in [6, 6.07) is 5.51. The molecule has 0 radical (unpaired) electrons. The summed E-state index contributed by atoms with van der Waals surface area (Å²) in [5, 5.41) is 10.1. The van der Waals surface area contributed by atoms with Gasteiger partial charge in [-0.25, -0.2) is 0 Å². The van der Waals surface area contributed by atoms with E-state index in [0.29, 0.717) is 0 Å². The molecule has 0 aliphatic heterocycles. The lowest BCUT2D eigenvalue weighted by Gasteiger charge is -2.33. The van der Waals surface area contributed by atoms with Gasteiger partial charge in [-0.2, -0.15) is 18.3 Å². The van der Waals surface area contributed by atoms with Gasteiger partial charge in [-0.15, -0.1) is 0 Å². The first kappa shape index (κ1) is 30.1. The number of carbonyl (C=O) groups excluding carboxylic acids is 3. The monoisotopic (exact) mass is 587 g/mol. The van der Waals surface area contributed by atoms with Gasteiger partial charge in [0.05, 0.1) is 23.7 Å². The predicted octanol–water partition coefficient (Wildman–Crippen LogP) is 5.63. The average molecular weight is 588 g/mol. The first-order valence-electron chi connectivity index (χ1n) is 15.2. The van der Waals surface area contributed by atoms with Crippen molar-refractivity contribution in [3.63, 3.8) is 0 Å². The summed E-state index contributed by atoms with van der Waals surface area (Å²) >= 11 is 0. The van der Waals surface area contributed by atoms with Gasteiger partial charge in [0.2, 0.25) is 11.8 Å². The fourth-order valence-electron chi connectivity index (χ4n) is 6.37. The summed E-state index contributed by atoms with van der Waals surface area (Å²) in [6.45, 7) is 0. The largest absolute Gasteiger partial charge is 0.417 e. The van der Waals surface area contributed by atoms with Gasteiger partial charge in [0, 0.05) is 24.7 Å². The Morgan fingerprint density at radius 1 is 0.976 bits per heavy atom. The van der Waals surface area contributed by atoms with Gasteiger partial charge >= 0.3 is 6.18 Å². The van der Waals surface area contributed by atoms with Crippen molar-refractivity contribution >= 4 is 17.7 Å². The van der Waals surface area contributed by atoms with Crippen LogP contribution in [-0.2, 0) is 15.8 Å². The summed E-state index contributed by atoms with van der Waals surface area (Å²) in [4.78, 5) is 41.8. The Morgan fingerprint density at radius 3 is 2.29 bits per heavy atom. The number of amides is 3. The number of carbonyl (C=O) groups is 3. The zero-order chi connectivity index (χ0) is 29.9. The minimum atomic E-state index is -4.58. The maximum absolute atomic E-state index is 13.9. The molecule has 0 saturated heterocycles. The molecule has 3 fully saturated rings. The van der Waals surface area contributed by atoms with Crippen molar-refractivity contribution in [3.05, 3.63) is 41.6 Å². The molecule has 2 N–H and O–H groups in total. The number of benzene rings is 1. The molecule has 1 aromatic carbocycles. The highest BCUT2D eigenvalue weighted by Crippen LogP contribution is 2.40. The van der Waals surface area contributed by atoms with Crippen LogP contribution in [0.15, 0.2) is 30.3 Å². The molecule has 0 unspecified atom stereocenters. The van der Waals surface area contributed by atoms with Gasteiger partial charge in [0.15, 0.2) is 5.69 Å². The van der Waals surface area contributed by atoms with Crippen LogP contribution in [0.2, 0.25) is 0 Å². The Balaban J connectivity index is 1.40. The van der Waals surface area contributed by atoms with E-state index in [0.717, 1.165) is 83.1 Å². The maximum atomic E-state index is 13.9. The first-order chi connectivity index (χ1) is 20.1. The van der Waals surface area contributed by atoms with E-state index in [1.165, 1.54) is 28.9 Å². The van der Waals surface area contributed by atoms with E-state index in [1.54, 1.807) is 11.9 Å². The van der Waals surface area contributed by atoms with Crippen molar-refractivity contribution in [1.82, 2.24) is 25.3 Å². The van der Waals surface area contributed by atoms with Crippen LogP contribution < -0.4 is 10.6 Å². The molecule has 5 rings (SSSR count). The molecule has 3 aliphatic carbocycles. The normalized spacial score (nSPS) is 19.2. The van der Waals surface area contributed by atoms with Gasteiger partial charge in [-0.1, -0.05) is 50.3 Å². The summed E-state index contributed by atoms with van der Waals surface area (Å²) in [6.07, 6.45) is 6.31. The number of halogens is 3. The summed E-state index contributed by atoms with van der Waals surface area (Å²) in [7, 11) is 1.74. The molecule has 3 aliphatic rings. The third-order valence-corrected chi connectivity index (χ3v) is 9.12. The Morgan fingerprint density at radius 2 is 1.64 bits per heavy atom. The van der Waals surface area contributed by atoms with Gasteiger partial charge in [0.25, 0.3) is 5.91 Å². The van der Waals surface area contributed by atoms with Crippen LogP contribution in [-0.4, -0.2) is 57.6 Å². The number of nitrogens with zero attached hydrogens (tertiary/aromatic N) is 3. The number of hydrogen-bond donors (Lipinski definition) is 2. The van der Waals surface area contributed by atoms with Crippen LogP contribution in [0.25, 0.3) is 11.3 Å². The molecular formula is C31H40F3N5O3. The Bertz CT molecular complexity index is 1280. The van der Waals surface area contributed by atoms with Crippen molar-refractivity contribution in [1.29, 1.82) is 0 Å². The van der Waals surface area contributed by atoms with Crippen LogP contribution in [0.1, 0.15) is 106 Å². The molecule has 1 aromatic heterocycles. The van der Waals surface area contributed by atoms with Gasteiger partial charge in [0.1, 0.15) is 6.04 Å². The second-order valence-corrected chi connectivity index (χ2v) is 12.0. The van der Waals surface area contributed by atoms with E-state index < -0.39 is 29.6 Å². The highest BCUT2D eigenvalue weighted by molar-refractivity contribution is 5.98. The van der Waals surface area contributed by atoms with Crippen LogP contribution in [0.5, 0.6) is 0 Å². The quantitative estimate of drug-likeness (QED) is 0.397. The third kappa shape index (κ3) is 6.81. The minimum Gasteiger partial charge on any atom is -0.352 e. The number of aromatic nitrogens is 2. The van der Waals surface area contributed by atoms with E-state index in [-0.39, 0.29) is 47.4 Å². The number of hydrogen-bond acceptors (Lipinski definition) is 4. The van der Waals surface area contributed by atoms with Crippen molar-refractivity contribution < 1.29 is 27.6 Å². The van der Waals surface area contributed by atoms with E-state index in [1.807, 2.05) is 0 Å². The van der Waals surface area contributed by atoms with E-state index in [9.17, 15) is 27.6 Å². The van der Waals surface area contributed by atoms with Gasteiger partial charge in [-0.3, -0.25) is 19.1 Å². The topological polar surface area (TPSA) is 96.3 Å². The summed E-state index contributed by atoms with van der Waals surface area (Å²) in [5.41, 5.74) is -0.718. The second kappa shape index (κ2) is 12.9.